The van der Waals surface area contributed by atoms with Gasteiger partial charge in [0.25, 0.3) is 0 Å². The van der Waals surface area contributed by atoms with Crippen molar-refractivity contribution >= 4 is 27.5 Å². The molecule has 23 heavy (non-hydrogen) atoms. The molecular weight excluding hydrogens is 356 g/mol. The first kappa shape index (κ1) is 16.2. The standard InChI is InChI=1S/C18H19BrN2O2/c19-15-6-8-16(9-7-15)21-17(13-22)11-20(12-18(21)23)10-14-4-2-1-3-5-14/h1-9,17,22H,10-13H2/t17-/m0/s1. The van der Waals surface area contributed by atoms with Crippen molar-refractivity contribution in [3.8, 4) is 0 Å². The molecule has 2 aromatic rings. The molecule has 1 heterocycles. The highest BCUT2D eigenvalue weighted by molar-refractivity contribution is 9.10. The van der Waals surface area contributed by atoms with Crippen molar-refractivity contribution in [3.05, 3.63) is 64.6 Å². The van der Waals surface area contributed by atoms with E-state index in [9.17, 15) is 9.90 Å². The number of benzene rings is 2. The third kappa shape index (κ3) is 3.80. The van der Waals surface area contributed by atoms with Gasteiger partial charge in [-0.25, -0.2) is 0 Å². The minimum absolute atomic E-state index is 0.0218. The number of nitrogens with zero attached hydrogens (tertiary/aromatic N) is 2. The van der Waals surface area contributed by atoms with E-state index in [1.54, 1.807) is 4.90 Å². The van der Waals surface area contributed by atoms with E-state index < -0.39 is 0 Å². The highest BCUT2D eigenvalue weighted by Crippen LogP contribution is 2.24. The summed E-state index contributed by atoms with van der Waals surface area (Å²) in [6, 6.07) is 17.5. The summed E-state index contributed by atoms with van der Waals surface area (Å²) in [5, 5.41) is 9.75. The van der Waals surface area contributed by atoms with Crippen LogP contribution in [0.3, 0.4) is 0 Å². The van der Waals surface area contributed by atoms with E-state index >= 15 is 0 Å². The fourth-order valence-corrected chi connectivity index (χ4v) is 3.24. The van der Waals surface area contributed by atoms with Crippen LogP contribution in [0.1, 0.15) is 5.56 Å². The van der Waals surface area contributed by atoms with Gasteiger partial charge in [0, 0.05) is 23.2 Å². The molecule has 1 N–H and O–H groups in total. The average molecular weight is 375 g/mol. The topological polar surface area (TPSA) is 43.8 Å². The Labute approximate surface area is 144 Å². The number of halogens is 1. The van der Waals surface area contributed by atoms with E-state index in [2.05, 4.69) is 33.0 Å². The van der Waals surface area contributed by atoms with Gasteiger partial charge >= 0.3 is 0 Å². The van der Waals surface area contributed by atoms with E-state index in [1.165, 1.54) is 5.56 Å². The van der Waals surface area contributed by atoms with Crippen LogP contribution in [0.4, 0.5) is 5.69 Å². The third-order valence-corrected chi connectivity index (χ3v) is 4.55. The van der Waals surface area contributed by atoms with Crippen molar-refractivity contribution in [2.24, 2.45) is 0 Å². The first-order chi connectivity index (χ1) is 11.2. The minimum atomic E-state index is -0.221. The second kappa shape index (κ2) is 7.25. The van der Waals surface area contributed by atoms with Crippen LogP contribution in [0, 0.1) is 0 Å². The van der Waals surface area contributed by atoms with Crippen LogP contribution in [-0.4, -0.2) is 41.7 Å². The summed E-state index contributed by atoms with van der Waals surface area (Å²) in [6.07, 6.45) is 0. The van der Waals surface area contributed by atoms with Crippen molar-refractivity contribution in [1.29, 1.82) is 0 Å². The number of amides is 1. The van der Waals surface area contributed by atoms with Crippen molar-refractivity contribution in [2.75, 3.05) is 24.6 Å². The SMILES string of the molecule is O=C1CN(Cc2ccccc2)C[C@@H](CO)N1c1ccc(Br)cc1. The molecule has 0 aliphatic carbocycles. The van der Waals surface area contributed by atoms with Crippen molar-refractivity contribution < 1.29 is 9.90 Å². The van der Waals surface area contributed by atoms with Crippen LogP contribution in [0.25, 0.3) is 0 Å². The fourth-order valence-electron chi connectivity index (χ4n) is 2.97. The molecule has 1 fully saturated rings. The summed E-state index contributed by atoms with van der Waals surface area (Å²) in [7, 11) is 0. The molecule has 3 rings (SSSR count). The molecule has 0 saturated carbocycles. The smallest absolute Gasteiger partial charge is 0.241 e. The molecule has 1 amide bonds. The predicted molar refractivity (Wildman–Crippen MR) is 94.2 cm³/mol. The molecule has 1 saturated heterocycles. The van der Waals surface area contributed by atoms with Crippen LogP contribution < -0.4 is 4.90 Å². The molecule has 0 unspecified atom stereocenters. The third-order valence-electron chi connectivity index (χ3n) is 4.03. The molecule has 4 nitrogen and oxygen atoms in total. The molecule has 0 bridgehead atoms. The fraction of sp³-hybridized carbons (Fsp3) is 0.278. The summed E-state index contributed by atoms with van der Waals surface area (Å²) >= 11 is 3.40. The molecule has 5 heteroatoms. The van der Waals surface area contributed by atoms with Crippen molar-refractivity contribution in [2.45, 2.75) is 12.6 Å². The zero-order chi connectivity index (χ0) is 16.2. The number of anilines is 1. The maximum Gasteiger partial charge on any atom is 0.241 e. The maximum atomic E-state index is 12.6. The first-order valence-corrected chi connectivity index (χ1v) is 8.41. The Hall–Kier alpha value is -1.69. The summed E-state index contributed by atoms with van der Waals surface area (Å²) in [5.41, 5.74) is 2.01. The summed E-state index contributed by atoms with van der Waals surface area (Å²) in [6.45, 7) is 1.69. The number of hydrogen-bond acceptors (Lipinski definition) is 3. The summed E-state index contributed by atoms with van der Waals surface area (Å²) in [4.78, 5) is 16.4. The van der Waals surface area contributed by atoms with E-state index in [1.807, 2.05) is 42.5 Å². The first-order valence-electron chi connectivity index (χ1n) is 7.62. The van der Waals surface area contributed by atoms with Gasteiger partial charge in [-0.2, -0.15) is 0 Å². The molecule has 1 aliphatic heterocycles. The average Bonchev–Trinajstić information content (AvgIpc) is 2.56. The largest absolute Gasteiger partial charge is 0.394 e. The molecule has 120 valence electrons. The highest BCUT2D eigenvalue weighted by Gasteiger charge is 2.33. The Bertz CT molecular complexity index is 660. The number of piperazine rings is 1. The second-order valence-corrected chi connectivity index (χ2v) is 6.65. The predicted octanol–water partition coefficient (Wildman–Crippen LogP) is 2.66. The molecule has 2 aromatic carbocycles. The zero-order valence-corrected chi connectivity index (χ0v) is 14.3. The quantitative estimate of drug-likeness (QED) is 0.894. The van der Waals surface area contributed by atoms with Crippen LogP contribution in [0.5, 0.6) is 0 Å². The summed E-state index contributed by atoms with van der Waals surface area (Å²) in [5.74, 6) is 0.0218. The lowest BCUT2D eigenvalue weighted by Crippen LogP contribution is -2.57. The van der Waals surface area contributed by atoms with E-state index in [4.69, 9.17) is 0 Å². The van der Waals surface area contributed by atoms with Crippen LogP contribution in [0.2, 0.25) is 0 Å². The lowest BCUT2D eigenvalue weighted by Gasteiger charge is -2.40. The summed E-state index contributed by atoms with van der Waals surface area (Å²) < 4.78 is 0.969. The van der Waals surface area contributed by atoms with Gasteiger partial charge in [-0.15, -0.1) is 0 Å². The lowest BCUT2D eigenvalue weighted by atomic mass is 10.1. The Balaban J connectivity index is 1.76. The van der Waals surface area contributed by atoms with Gasteiger partial charge in [-0.1, -0.05) is 46.3 Å². The number of carbonyl (C=O) groups excluding carboxylic acids is 1. The molecule has 1 atom stereocenters. The van der Waals surface area contributed by atoms with Crippen LogP contribution >= 0.6 is 15.9 Å². The molecule has 0 spiro atoms. The monoisotopic (exact) mass is 374 g/mol. The minimum Gasteiger partial charge on any atom is -0.394 e. The van der Waals surface area contributed by atoms with Gasteiger partial charge in [0.15, 0.2) is 0 Å². The number of carbonyl (C=O) groups is 1. The Morgan fingerprint density at radius 3 is 2.43 bits per heavy atom. The van der Waals surface area contributed by atoms with Crippen molar-refractivity contribution in [3.63, 3.8) is 0 Å². The highest BCUT2D eigenvalue weighted by atomic mass is 79.9. The zero-order valence-electron chi connectivity index (χ0n) is 12.7. The molecular formula is C18H19BrN2O2. The van der Waals surface area contributed by atoms with E-state index in [-0.39, 0.29) is 18.6 Å². The molecule has 0 radical (unpaired) electrons. The Morgan fingerprint density at radius 1 is 1.09 bits per heavy atom. The number of hydrogen-bond donors (Lipinski definition) is 1. The number of aliphatic hydroxyl groups excluding tert-OH is 1. The normalized spacial score (nSPS) is 19.1. The van der Waals surface area contributed by atoms with E-state index in [0.717, 1.165) is 16.7 Å². The van der Waals surface area contributed by atoms with Crippen LogP contribution in [0.15, 0.2) is 59.1 Å². The molecule has 0 aromatic heterocycles. The second-order valence-electron chi connectivity index (χ2n) is 5.73. The van der Waals surface area contributed by atoms with Gasteiger partial charge in [0.05, 0.1) is 19.2 Å². The Kier molecular flexibility index (Phi) is 5.10. The molecule has 1 aliphatic rings. The van der Waals surface area contributed by atoms with Crippen molar-refractivity contribution in [1.82, 2.24) is 4.90 Å². The van der Waals surface area contributed by atoms with Gasteiger partial charge in [0.1, 0.15) is 0 Å². The number of rotatable bonds is 4. The van der Waals surface area contributed by atoms with Crippen LogP contribution in [-0.2, 0) is 11.3 Å². The Morgan fingerprint density at radius 2 is 1.78 bits per heavy atom. The van der Waals surface area contributed by atoms with Gasteiger partial charge in [-0.3, -0.25) is 9.69 Å². The van der Waals surface area contributed by atoms with Gasteiger partial charge < -0.3 is 10.0 Å². The number of aliphatic hydroxyl groups is 1. The van der Waals surface area contributed by atoms with E-state index in [0.29, 0.717) is 13.1 Å². The lowest BCUT2D eigenvalue weighted by molar-refractivity contribution is -0.122. The van der Waals surface area contributed by atoms with Gasteiger partial charge in [-0.05, 0) is 29.8 Å². The van der Waals surface area contributed by atoms with Gasteiger partial charge in [0.2, 0.25) is 5.91 Å². The maximum absolute atomic E-state index is 12.6.